The van der Waals surface area contributed by atoms with Crippen molar-refractivity contribution in [1.82, 2.24) is 10.2 Å². The Bertz CT molecular complexity index is 1010. The number of nitrogens with zero attached hydrogens (tertiary/aromatic N) is 2. The fourth-order valence-corrected chi connectivity index (χ4v) is 5.42. The Morgan fingerprint density at radius 2 is 1.69 bits per heavy atom. The molecule has 0 aromatic heterocycles. The Hall–Kier alpha value is -2.51. The number of anilines is 1. The van der Waals surface area contributed by atoms with Crippen LogP contribution in [0.15, 0.2) is 53.4 Å². The van der Waals surface area contributed by atoms with Crippen molar-refractivity contribution >= 4 is 46.8 Å². The number of thioether (sulfide) groups is 1. The maximum atomic E-state index is 13.4. The third-order valence-corrected chi connectivity index (χ3v) is 7.38. The molecular formula is C24H26ClN3O3S. The van der Waals surface area contributed by atoms with E-state index in [4.69, 9.17) is 11.6 Å². The first-order valence-electron chi connectivity index (χ1n) is 10.9. The molecule has 2 aromatic carbocycles. The van der Waals surface area contributed by atoms with Crippen molar-refractivity contribution in [1.29, 1.82) is 0 Å². The van der Waals surface area contributed by atoms with Crippen LogP contribution in [0.3, 0.4) is 0 Å². The van der Waals surface area contributed by atoms with E-state index in [-0.39, 0.29) is 30.8 Å². The van der Waals surface area contributed by atoms with E-state index in [9.17, 15) is 14.4 Å². The zero-order valence-electron chi connectivity index (χ0n) is 17.8. The van der Waals surface area contributed by atoms with Gasteiger partial charge in [-0.25, -0.2) is 0 Å². The summed E-state index contributed by atoms with van der Waals surface area (Å²) in [5, 5.41) is 2.55. The maximum absolute atomic E-state index is 13.4. The van der Waals surface area contributed by atoms with Crippen LogP contribution < -0.4 is 10.2 Å². The SMILES string of the molecule is O=C(CN1C(=O)[C@@H](C(=O)N2CCCCCC2)Sc2ccccc21)NCc1ccccc1Cl. The van der Waals surface area contributed by atoms with Crippen LogP contribution in [-0.2, 0) is 20.9 Å². The van der Waals surface area contributed by atoms with Gasteiger partial charge in [0, 0.05) is 29.6 Å². The highest BCUT2D eigenvalue weighted by Crippen LogP contribution is 2.39. The van der Waals surface area contributed by atoms with Gasteiger partial charge in [-0.3, -0.25) is 14.4 Å². The zero-order chi connectivity index (χ0) is 22.5. The number of carbonyl (C=O) groups excluding carboxylic acids is 3. The summed E-state index contributed by atoms with van der Waals surface area (Å²) in [6, 6.07) is 14.7. The number of benzene rings is 2. The molecule has 2 aromatic rings. The fraction of sp³-hybridized carbons (Fsp3) is 0.375. The minimum atomic E-state index is -0.862. The Morgan fingerprint density at radius 3 is 2.44 bits per heavy atom. The molecule has 168 valence electrons. The molecule has 0 spiro atoms. The van der Waals surface area contributed by atoms with E-state index in [0.717, 1.165) is 36.1 Å². The van der Waals surface area contributed by atoms with Gasteiger partial charge in [0.2, 0.25) is 11.8 Å². The minimum absolute atomic E-state index is 0.148. The molecule has 0 bridgehead atoms. The molecule has 1 atom stereocenters. The van der Waals surface area contributed by atoms with Crippen molar-refractivity contribution in [3.05, 3.63) is 59.1 Å². The smallest absolute Gasteiger partial charge is 0.250 e. The summed E-state index contributed by atoms with van der Waals surface area (Å²) in [7, 11) is 0. The number of hydrogen-bond donors (Lipinski definition) is 1. The van der Waals surface area contributed by atoms with E-state index in [0.29, 0.717) is 23.8 Å². The number of hydrogen-bond acceptors (Lipinski definition) is 4. The van der Waals surface area contributed by atoms with Crippen LogP contribution in [0.25, 0.3) is 0 Å². The van der Waals surface area contributed by atoms with E-state index in [2.05, 4.69) is 5.32 Å². The second-order valence-corrected chi connectivity index (χ2v) is 9.55. The van der Waals surface area contributed by atoms with Gasteiger partial charge in [0.1, 0.15) is 6.54 Å². The van der Waals surface area contributed by atoms with Gasteiger partial charge < -0.3 is 15.1 Å². The van der Waals surface area contributed by atoms with E-state index in [1.165, 1.54) is 16.7 Å². The number of para-hydroxylation sites is 1. The van der Waals surface area contributed by atoms with Crippen molar-refractivity contribution < 1.29 is 14.4 Å². The number of amides is 3. The number of carbonyl (C=O) groups is 3. The minimum Gasteiger partial charge on any atom is -0.350 e. The Kier molecular flexibility index (Phi) is 7.37. The predicted octanol–water partition coefficient (Wildman–Crippen LogP) is 3.87. The van der Waals surface area contributed by atoms with Crippen LogP contribution in [0.1, 0.15) is 31.2 Å². The van der Waals surface area contributed by atoms with Gasteiger partial charge >= 0.3 is 0 Å². The second-order valence-electron chi connectivity index (χ2n) is 8.00. The van der Waals surface area contributed by atoms with Crippen LogP contribution in [0.4, 0.5) is 5.69 Å². The van der Waals surface area contributed by atoms with Gasteiger partial charge in [-0.1, -0.05) is 54.8 Å². The molecule has 3 amide bonds. The molecule has 6 nitrogen and oxygen atoms in total. The third kappa shape index (κ3) is 5.10. The predicted molar refractivity (Wildman–Crippen MR) is 127 cm³/mol. The summed E-state index contributed by atoms with van der Waals surface area (Å²) < 4.78 is 0. The fourth-order valence-electron chi connectivity index (χ4n) is 4.03. The molecule has 1 N–H and O–H groups in total. The van der Waals surface area contributed by atoms with E-state index >= 15 is 0 Å². The molecule has 0 unspecified atom stereocenters. The molecule has 1 saturated heterocycles. The monoisotopic (exact) mass is 471 g/mol. The van der Waals surface area contributed by atoms with Crippen molar-refractivity contribution in [3.8, 4) is 0 Å². The molecule has 8 heteroatoms. The molecule has 4 rings (SSSR count). The normalized spacial score (nSPS) is 18.7. The topological polar surface area (TPSA) is 69.7 Å². The van der Waals surface area contributed by atoms with Crippen molar-refractivity contribution in [2.24, 2.45) is 0 Å². The van der Waals surface area contributed by atoms with Gasteiger partial charge in [0.15, 0.2) is 5.25 Å². The molecule has 1 fully saturated rings. The summed E-state index contributed by atoms with van der Waals surface area (Å²) in [5.41, 5.74) is 1.47. The molecule has 0 saturated carbocycles. The highest BCUT2D eigenvalue weighted by atomic mass is 35.5. The lowest BCUT2D eigenvalue weighted by Gasteiger charge is -2.34. The van der Waals surface area contributed by atoms with Gasteiger partial charge in [0.05, 0.1) is 5.69 Å². The summed E-state index contributed by atoms with van der Waals surface area (Å²) in [4.78, 5) is 43.4. The van der Waals surface area contributed by atoms with Gasteiger partial charge in [0.25, 0.3) is 5.91 Å². The number of likely N-dealkylation sites (tertiary alicyclic amines) is 1. The van der Waals surface area contributed by atoms with Crippen LogP contribution in [0.5, 0.6) is 0 Å². The second kappa shape index (κ2) is 10.4. The van der Waals surface area contributed by atoms with Crippen molar-refractivity contribution in [3.63, 3.8) is 0 Å². The van der Waals surface area contributed by atoms with E-state index in [1.807, 2.05) is 47.4 Å². The summed E-state index contributed by atoms with van der Waals surface area (Å²) in [6.07, 6.45) is 4.14. The lowest BCUT2D eigenvalue weighted by atomic mass is 10.2. The summed E-state index contributed by atoms with van der Waals surface area (Å²) in [5.74, 6) is -0.797. The molecule has 0 radical (unpaired) electrons. The van der Waals surface area contributed by atoms with E-state index in [1.54, 1.807) is 6.07 Å². The quantitative estimate of drug-likeness (QED) is 0.672. The Morgan fingerprint density at radius 1 is 1.00 bits per heavy atom. The average Bonchev–Trinajstić information content (AvgIpc) is 3.09. The van der Waals surface area contributed by atoms with Gasteiger partial charge in [-0.15, -0.1) is 11.8 Å². The van der Waals surface area contributed by atoms with Crippen LogP contribution in [0, 0.1) is 0 Å². The van der Waals surface area contributed by atoms with Crippen molar-refractivity contribution in [2.45, 2.75) is 42.4 Å². The van der Waals surface area contributed by atoms with Crippen LogP contribution in [-0.4, -0.2) is 47.5 Å². The molecule has 2 heterocycles. The molecule has 0 aliphatic carbocycles. The largest absolute Gasteiger partial charge is 0.350 e. The highest BCUT2D eigenvalue weighted by molar-refractivity contribution is 8.01. The third-order valence-electron chi connectivity index (χ3n) is 5.77. The standard InChI is InChI=1S/C24H26ClN3O3S/c25-18-10-4-3-9-17(18)15-26-21(29)16-28-19-11-5-6-12-20(19)32-22(24(28)31)23(30)27-13-7-1-2-8-14-27/h3-6,9-12,22H,1-2,7-8,13-16H2,(H,26,29)/t22-/m1/s1. The number of rotatable bonds is 5. The Labute approximate surface area is 197 Å². The summed E-state index contributed by atoms with van der Waals surface area (Å²) in [6.45, 7) is 1.49. The molecule has 2 aliphatic heterocycles. The van der Waals surface area contributed by atoms with Crippen molar-refractivity contribution in [2.75, 3.05) is 24.5 Å². The lowest BCUT2D eigenvalue weighted by molar-refractivity contribution is -0.135. The zero-order valence-corrected chi connectivity index (χ0v) is 19.3. The highest BCUT2D eigenvalue weighted by Gasteiger charge is 2.40. The lowest BCUT2D eigenvalue weighted by Crippen LogP contribution is -2.52. The summed E-state index contributed by atoms with van der Waals surface area (Å²) >= 11 is 7.45. The average molecular weight is 472 g/mol. The van der Waals surface area contributed by atoms with Crippen LogP contribution >= 0.6 is 23.4 Å². The first-order valence-corrected chi connectivity index (χ1v) is 12.2. The Balaban J connectivity index is 1.49. The number of nitrogens with one attached hydrogen (secondary N) is 1. The molecular weight excluding hydrogens is 446 g/mol. The first kappa shape index (κ1) is 22.7. The van der Waals surface area contributed by atoms with Gasteiger partial charge in [-0.2, -0.15) is 0 Å². The number of halogens is 1. The van der Waals surface area contributed by atoms with Crippen LogP contribution in [0.2, 0.25) is 5.02 Å². The maximum Gasteiger partial charge on any atom is 0.250 e. The molecule has 32 heavy (non-hydrogen) atoms. The van der Waals surface area contributed by atoms with Gasteiger partial charge in [-0.05, 0) is 36.6 Å². The number of fused-ring (bicyclic) bond motifs is 1. The molecule has 2 aliphatic rings. The van der Waals surface area contributed by atoms with E-state index < -0.39 is 5.25 Å². The first-order chi connectivity index (χ1) is 15.5.